The normalized spacial score (nSPS) is 26.6. The van der Waals surface area contributed by atoms with Crippen LogP contribution in [0.4, 0.5) is 11.8 Å². The van der Waals surface area contributed by atoms with Crippen LogP contribution < -0.4 is 10.2 Å². The van der Waals surface area contributed by atoms with Gasteiger partial charge in [-0.3, -0.25) is 4.90 Å². The van der Waals surface area contributed by atoms with Crippen molar-refractivity contribution in [1.82, 2.24) is 14.9 Å². The van der Waals surface area contributed by atoms with Crippen molar-refractivity contribution in [3.05, 3.63) is 12.3 Å². The van der Waals surface area contributed by atoms with Gasteiger partial charge in [0.15, 0.2) is 0 Å². The van der Waals surface area contributed by atoms with E-state index in [0.29, 0.717) is 6.04 Å². The number of hydrogen-bond donors (Lipinski definition) is 1. The van der Waals surface area contributed by atoms with Crippen molar-refractivity contribution in [2.45, 2.75) is 57.0 Å². The van der Waals surface area contributed by atoms with Gasteiger partial charge in [-0.25, -0.2) is 4.98 Å². The summed E-state index contributed by atoms with van der Waals surface area (Å²) in [5.41, 5.74) is 0. The predicted molar refractivity (Wildman–Crippen MR) is 107 cm³/mol. The molecule has 1 aromatic heterocycles. The van der Waals surface area contributed by atoms with E-state index in [1.807, 2.05) is 6.20 Å². The first-order valence-electron chi connectivity index (χ1n) is 10.0. The number of likely N-dealkylation sites (tertiary alicyclic amines) is 1. The lowest BCUT2D eigenvalue weighted by atomic mass is 10.1. The number of anilines is 2. The highest BCUT2D eigenvalue weighted by Gasteiger charge is 2.29. The number of hydrogen-bond acceptors (Lipinski definition) is 6. The van der Waals surface area contributed by atoms with Crippen LogP contribution in [0, 0.1) is 0 Å². The van der Waals surface area contributed by atoms with Gasteiger partial charge in [-0.05, 0) is 49.7 Å². The monoisotopic (exact) mass is 361 g/mol. The van der Waals surface area contributed by atoms with Crippen LogP contribution in [0.15, 0.2) is 12.3 Å². The Morgan fingerprint density at radius 1 is 1.00 bits per heavy atom. The Kier molecular flexibility index (Phi) is 5.98. The minimum atomic E-state index is 0.494. The Morgan fingerprint density at radius 3 is 2.60 bits per heavy atom. The van der Waals surface area contributed by atoms with Crippen LogP contribution in [0.2, 0.25) is 0 Å². The molecule has 1 aromatic rings. The van der Waals surface area contributed by atoms with E-state index in [0.717, 1.165) is 37.4 Å². The van der Waals surface area contributed by atoms with E-state index in [1.54, 1.807) is 0 Å². The van der Waals surface area contributed by atoms with Crippen LogP contribution >= 0.6 is 11.8 Å². The molecule has 0 saturated carbocycles. The SMILES string of the molecule is c1cc(N2CCCCCC2)nc(NC2CCN(C3CCSCC3)C2)n1. The van der Waals surface area contributed by atoms with Gasteiger partial charge >= 0.3 is 0 Å². The molecule has 0 bridgehead atoms. The predicted octanol–water partition coefficient (Wildman–Crippen LogP) is 3.24. The quantitative estimate of drug-likeness (QED) is 0.888. The zero-order chi connectivity index (χ0) is 16.9. The van der Waals surface area contributed by atoms with E-state index in [4.69, 9.17) is 4.98 Å². The molecular weight excluding hydrogens is 330 g/mol. The molecule has 138 valence electrons. The van der Waals surface area contributed by atoms with E-state index in [-0.39, 0.29) is 0 Å². The van der Waals surface area contributed by atoms with Crippen molar-refractivity contribution in [3.63, 3.8) is 0 Å². The molecule has 1 N–H and O–H groups in total. The van der Waals surface area contributed by atoms with Crippen LogP contribution in [0.1, 0.15) is 44.9 Å². The Labute approximate surface area is 156 Å². The van der Waals surface area contributed by atoms with Crippen molar-refractivity contribution in [1.29, 1.82) is 0 Å². The van der Waals surface area contributed by atoms with Gasteiger partial charge in [0, 0.05) is 44.5 Å². The molecule has 0 amide bonds. The van der Waals surface area contributed by atoms with Gasteiger partial charge < -0.3 is 10.2 Å². The molecule has 3 aliphatic rings. The van der Waals surface area contributed by atoms with E-state index < -0.39 is 0 Å². The second-order valence-corrected chi connectivity index (χ2v) is 8.83. The van der Waals surface area contributed by atoms with E-state index in [9.17, 15) is 0 Å². The summed E-state index contributed by atoms with van der Waals surface area (Å²) in [7, 11) is 0. The van der Waals surface area contributed by atoms with E-state index in [2.05, 4.69) is 37.9 Å². The molecule has 3 aliphatic heterocycles. The van der Waals surface area contributed by atoms with Crippen LogP contribution in [-0.2, 0) is 0 Å². The van der Waals surface area contributed by atoms with Gasteiger partial charge in [-0.2, -0.15) is 16.7 Å². The summed E-state index contributed by atoms with van der Waals surface area (Å²) in [5, 5.41) is 3.61. The molecular formula is C19H31N5S. The first-order chi connectivity index (χ1) is 12.4. The summed E-state index contributed by atoms with van der Waals surface area (Å²) in [6, 6.07) is 3.36. The van der Waals surface area contributed by atoms with E-state index in [1.165, 1.54) is 63.0 Å². The van der Waals surface area contributed by atoms with Gasteiger partial charge in [0.25, 0.3) is 0 Å². The standard InChI is InChI=1S/C19H31N5S/c1-2-4-11-23(10-3-1)18-5-9-20-19(22-18)21-16-6-12-24(15-16)17-7-13-25-14-8-17/h5,9,16-17H,1-4,6-8,10-15H2,(H,20,21,22). The third-order valence-corrected chi connectivity index (χ3v) is 6.88. The number of nitrogens with one attached hydrogen (secondary N) is 1. The maximum absolute atomic E-state index is 4.82. The molecule has 0 aromatic carbocycles. The van der Waals surface area contributed by atoms with Crippen LogP contribution in [-0.4, -0.2) is 64.6 Å². The van der Waals surface area contributed by atoms with Gasteiger partial charge in [-0.15, -0.1) is 0 Å². The fourth-order valence-corrected chi connectivity index (χ4v) is 5.45. The van der Waals surface area contributed by atoms with Gasteiger partial charge in [0.1, 0.15) is 5.82 Å². The number of nitrogens with zero attached hydrogens (tertiary/aromatic N) is 4. The summed E-state index contributed by atoms with van der Waals surface area (Å²) in [6.07, 6.45) is 11.1. The largest absolute Gasteiger partial charge is 0.356 e. The minimum absolute atomic E-state index is 0.494. The van der Waals surface area contributed by atoms with Crippen molar-refractivity contribution in [2.75, 3.05) is 47.9 Å². The smallest absolute Gasteiger partial charge is 0.224 e. The molecule has 6 heteroatoms. The first kappa shape index (κ1) is 17.4. The topological polar surface area (TPSA) is 44.3 Å². The Balaban J connectivity index is 1.34. The number of thioether (sulfide) groups is 1. The lowest BCUT2D eigenvalue weighted by Crippen LogP contribution is -2.37. The number of rotatable bonds is 4. The average molecular weight is 362 g/mol. The Morgan fingerprint density at radius 2 is 1.80 bits per heavy atom. The van der Waals surface area contributed by atoms with Crippen molar-refractivity contribution in [3.8, 4) is 0 Å². The van der Waals surface area contributed by atoms with Gasteiger partial charge in [0.05, 0.1) is 0 Å². The van der Waals surface area contributed by atoms with Crippen molar-refractivity contribution >= 4 is 23.5 Å². The molecule has 25 heavy (non-hydrogen) atoms. The highest BCUT2D eigenvalue weighted by molar-refractivity contribution is 7.99. The molecule has 5 nitrogen and oxygen atoms in total. The second kappa shape index (κ2) is 8.58. The third-order valence-electron chi connectivity index (χ3n) is 5.83. The molecule has 1 atom stereocenters. The molecule has 3 saturated heterocycles. The highest BCUT2D eigenvalue weighted by Crippen LogP contribution is 2.26. The van der Waals surface area contributed by atoms with Crippen molar-refractivity contribution in [2.24, 2.45) is 0 Å². The lowest BCUT2D eigenvalue weighted by molar-refractivity contribution is 0.228. The van der Waals surface area contributed by atoms with E-state index >= 15 is 0 Å². The molecule has 4 rings (SSSR count). The molecule has 0 aliphatic carbocycles. The Hall–Kier alpha value is -1.01. The zero-order valence-corrected chi connectivity index (χ0v) is 16.0. The van der Waals surface area contributed by atoms with Crippen LogP contribution in [0.3, 0.4) is 0 Å². The molecule has 3 fully saturated rings. The fourth-order valence-electron chi connectivity index (χ4n) is 4.36. The third kappa shape index (κ3) is 4.59. The maximum atomic E-state index is 4.82. The molecule has 1 unspecified atom stereocenters. The summed E-state index contributed by atoms with van der Waals surface area (Å²) in [4.78, 5) is 14.4. The maximum Gasteiger partial charge on any atom is 0.224 e. The molecule has 0 spiro atoms. The number of aromatic nitrogens is 2. The summed E-state index contributed by atoms with van der Waals surface area (Å²) in [6.45, 7) is 4.63. The highest BCUT2D eigenvalue weighted by atomic mass is 32.2. The lowest BCUT2D eigenvalue weighted by Gasteiger charge is -2.30. The summed E-state index contributed by atoms with van der Waals surface area (Å²) >= 11 is 2.11. The van der Waals surface area contributed by atoms with Gasteiger partial charge in [0.2, 0.25) is 5.95 Å². The summed E-state index contributed by atoms with van der Waals surface area (Å²) < 4.78 is 0. The second-order valence-electron chi connectivity index (χ2n) is 7.61. The first-order valence-corrected chi connectivity index (χ1v) is 11.2. The van der Waals surface area contributed by atoms with Crippen LogP contribution in [0.5, 0.6) is 0 Å². The summed E-state index contributed by atoms with van der Waals surface area (Å²) in [5.74, 6) is 4.58. The Bertz CT molecular complexity index is 540. The minimum Gasteiger partial charge on any atom is -0.356 e. The molecule has 4 heterocycles. The zero-order valence-electron chi connectivity index (χ0n) is 15.2. The fraction of sp³-hybridized carbons (Fsp3) is 0.789. The van der Waals surface area contributed by atoms with Gasteiger partial charge in [-0.1, -0.05) is 12.8 Å². The average Bonchev–Trinajstić information content (AvgIpc) is 2.95. The molecule has 0 radical (unpaired) electrons. The van der Waals surface area contributed by atoms with Crippen LogP contribution in [0.25, 0.3) is 0 Å². The van der Waals surface area contributed by atoms with Crippen molar-refractivity contribution < 1.29 is 0 Å².